The first kappa shape index (κ1) is 10.7. The van der Waals surface area contributed by atoms with Gasteiger partial charge in [-0.2, -0.15) is 5.26 Å². The highest BCUT2D eigenvalue weighted by atomic mass is 79.9. The monoisotopic (exact) mass is 278 g/mol. The lowest BCUT2D eigenvalue weighted by Crippen LogP contribution is -2.20. The number of hydrogen-bond acceptors (Lipinski definition) is 3. The van der Waals surface area contributed by atoms with E-state index in [1.807, 2.05) is 0 Å². The van der Waals surface area contributed by atoms with Crippen molar-refractivity contribution in [1.82, 2.24) is 4.57 Å². The molecule has 0 saturated carbocycles. The van der Waals surface area contributed by atoms with Crippen LogP contribution in [0.5, 0.6) is 5.75 Å². The highest BCUT2D eigenvalue weighted by Crippen LogP contribution is 2.28. The summed E-state index contributed by atoms with van der Waals surface area (Å²) >= 11 is 3.27. The fraction of sp³-hybridized carbons (Fsp3) is 0.0909. The van der Waals surface area contributed by atoms with Crippen LogP contribution >= 0.6 is 15.9 Å². The van der Waals surface area contributed by atoms with E-state index >= 15 is 0 Å². The highest BCUT2D eigenvalue weighted by molar-refractivity contribution is 9.10. The van der Waals surface area contributed by atoms with Crippen molar-refractivity contribution >= 4 is 26.8 Å². The summed E-state index contributed by atoms with van der Waals surface area (Å²) in [5, 5.41) is 19.1. The molecule has 16 heavy (non-hydrogen) atoms. The summed E-state index contributed by atoms with van der Waals surface area (Å²) in [5.41, 5.74) is -0.132. The van der Waals surface area contributed by atoms with E-state index < -0.39 is 5.56 Å². The summed E-state index contributed by atoms with van der Waals surface area (Å²) in [4.78, 5) is 11.7. The largest absolute Gasteiger partial charge is 0.506 e. The fourth-order valence-corrected chi connectivity index (χ4v) is 1.97. The van der Waals surface area contributed by atoms with Crippen molar-refractivity contribution in [1.29, 1.82) is 5.26 Å². The lowest BCUT2D eigenvalue weighted by Gasteiger charge is -2.08. The molecule has 5 heteroatoms. The van der Waals surface area contributed by atoms with Crippen molar-refractivity contribution in [2.75, 3.05) is 0 Å². The van der Waals surface area contributed by atoms with E-state index in [-0.39, 0.29) is 11.3 Å². The number of nitriles is 1. The normalized spacial score (nSPS) is 10.3. The number of aromatic nitrogens is 1. The van der Waals surface area contributed by atoms with Gasteiger partial charge in [0, 0.05) is 16.9 Å². The topological polar surface area (TPSA) is 66.0 Å². The van der Waals surface area contributed by atoms with Gasteiger partial charge in [0.25, 0.3) is 5.56 Å². The number of aromatic hydroxyl groups is 1. The Morgan fingerprint density at radius 2 is 2.19 bits per heavy atom. The van der Waals surface area contributed by atoms with E-state index in [4.69, 9.17) is 5.26 Å². The molecule has 2 aromatic rings. The molecule has 0 saturated heterocycles. The molecule has 1 N–H and O–H groups in total. The Labute approximate surface area is 99.5 Å². The summed E-state index contributed by atoms with van der Waals surface area (Å²) in [6, 6.07) is 6.87. The summed E-state index contributed by atoms with van der Waals surface area (Å²) < 4.78 is 2.12. The molecule has 0 fully saturated rings. The first-order valence-corrected chi connectivity index (χ1v) is 5.27. The number of aryl methyl sites for hydroxylation is 1. The SMILES string of the molecule is Cn1c(=O)c(C#N)c(O)c2cc(Br)ccc21. The average Bonchev–Trinajstić information content (AvgIpc) is 2.27. The maximum Gasteiger partial charge on any atom is 0.272 e. The second kappa shape index (κ2) is 3.65. The summed E-state index contributed by atoms with van der Waals surface area (Å²) in [6.45, 7) is 0. The molecule has 0 unspecified atom stereocenters. The molecule has 0 aliphatic heterocycles. The summed E-state index contributed by atoms with van der Waals surface area (Å²) in [5.74, 6) is -0.262. The molecule has 0 aliphatic carbocycles. The second-order valence-electron chi connectivity index (χ2n) is 3.36. The lowest BCUT2D eigenvalue weighted by molar-refractivity contribution is 0.477. The molecule has 1 aromatic heterocycles. The van der Waals surface area contributed by atoms with Crippen molar-refractivity contribution in [3.05, 3.63) is 38.6 Å². The minimum Gasteiger partial charge on any atom is -0.506 e. The van der Waals surface area contributed by atoms with Crippen LogP contribution in [0.15, 0.2) is 27.5 Å². The van der Waals surface area contributed by atoms with E-state index in [1.54, 1.807) is 31.3 Å². The van der Waals surface area contributed by atoms with Crippen LogP contribution in [0.3, 0.4) is 0 Å². The number of nitrogens with zero attached hydrogens (tertiary/aromatic N) is 2. The molecule has 0 spiro atoms. The van der Waals surface area contributed by atoms with Crippen molar-refractivity contribution in [2.45, 2.75) is 0 Å². The third-order valence-corrected chi connectivity index (χ3v) is 2.94. The minimum absolute atomic E-state index is 0.229. The zero-order valence-corrected chi connectivity index (χ0v) is 9.95. The van der Waals surface area contributed by atoms with Gasteiger partial charge in [-0.1, -0.05) is 15.9 Å². The molecule has 4 nitrogen and oxygen atoms in total. The van der Waals surface area contributed by atoms with Crippen LogP contribution in [0.1, 0.15) is 5.56 Å². The third-order valence-electron chi connectivity index (χ3n) is 2.44. The molecule has 0 atom stereocenters. The van der Waals surface area contributed by atoms with Crippen LogP contribution in [-0.4, -0.2) is 9.67 Å². The van der Waals surface area contributed by atoms with Gasteiger partial charge in [0.15, 0.2) is 5.56 Å². The Hall–Kier alpha value is -1.80. The van der Waals surface area contributed by atoms with Gasteiger partial charge in [0.2, 0.25) is 0 Å². The summed E-state index contributed by atoms with van der Waals surface area (Å²) in [7, 11) is 1.57. The molecular weight excluding hydrogens is 272 g/mol. The zero-order chi connectivity index (χ0) is 11.9. The first-order chi connectivity index (χ1) is 7.56. The van der Waals surface area contributed by atoms with E-state index in [2.05, 4.69) is 15.9 Å². The number of hydrogen-bond donors (Lipinski definition) is 1. The van der Waals surface area contributed by atoms with Crippen molar-refractivity contribution in [3.63, 3.8) is 0 Å². The number of halogens is 1. The maximum atomic E-state index is 11.7. The molecule has 0 aliphatic rings. The predicted molar refractivity (Wildman–Crippen MR) is 63.3 cm³/mol. The fourth-order valence-electron chi connectivity index (χ4n) is 1.60. The van der Waals surface area contributed by atoms with Crippen LogP contribution in [0.25, 0.3) is 10.9 Å². The highest BCUT2D eigenvalue weighted by Gasteiger charge is 2.13. The lowest BCUT2D eigenvalue weighted by atomic mass is 10.1. The summed E-state index contributed by atoms with van der Waals surface area (Å²) in [6.07, 6.45) is 0. The van der Waals surface area contributed by atoms with Crippen molar-refractivity contribution < 1.29 is 5.11 Å². The van der Waals surface area contributed by atoms with E-state index in [1.165, 1.54) is 4.57 Å². The van der Waals surface area contributed by atoms with Crippen molar-refractivity contribution in [2.24, 2.45) is 7.05 Å². The molecule has 1 aromatic carbocycles. The van der Waals surface area contributed by atoms with Gasteiger partial charge in [-0.15, -0.1) is 0 Å². The van der Waals surface area contributed by atoms with Gasteiger partial charge >= 0.3 is 0 Å². The van der Waals surface area contributed by atoms with Crippen LogP contribution in [0, 0.1) is 11.3 Å². The Morgan fingerprint density at radius 3 is 2.81 bits per heavy atom. The van der Waals surface area contributed by atoms with Gasteiger partial charge in [0.05, 0.1) is 5.52 Å². The maximum absolute atomic E-state index is 11.7. The van der Waals surface area contributed by atoms with Crippen LogP contribution in [0.4, 0.5) is 0 Å². The Balaban J connectivity index is 3.10. The van der Waals surface area contributed by atoms with E-state index in [9.17, 15) is 9.90 Å². The predicted octanol–water partition coefficient (Wildman–Crippen LogP) is 1.88. The zero-order valence-electron chi connectivity index (χ0n) is 8.36. The minimum atomic E-state index is -0.491. The average molecular weight is 279 g/mol. The van der Waals surface area contributed by atoms with Gasteiger partial charge in [-0.3, -0.25) is 4.79 Å². The Kier molecular flexibility index (Phi) is 2.44. The molecule has 80 valence electrons. The number of pyridine rings is 1. The van der Waals surface area contributed by atoms with Gasteiger partial charge in [-0.25, -0.2) is 0 Å². The van der Waals surface area contributed by atoms with Gasteiger partial charge < -0.3 is 9.67 Å². The molecular formula is C11H7BrN2O2. The second-order valence-corrected chi connectivity index (χ2v) is 4.28. The van der Waals surface area contributed by atoms with Crippen LogP contribution in [-0.2, 0) is 7.05 Å². The van der Waals surface area contributed by atoms with E-state index in [0.29, 0.717) is 10.9 Å². The smallest absolute Gasteiger partial charge is 0.272 e. The molecule has 2 rings (SSSR count). The Bertz CT molecular complexity index is 683. The van der Waals surface area contributed by atoms with Gasteiger partial charge in [-0.05, 0) is 18.2 Å². The Morgan fingerprint density at radius 1 is 1.50 bits per heavy atom. The molecule has 0 bridgehead atoms. The van der Waals surface area contributed by atoms with Gasteiger partial charge in [0.1, 0.15) is 11.8 Å². The molecule has 0 radical (unpaired) electrons. The van der Waals surface area contributed by atoms with Crippen molar-refractivity contribution in [3.8, 4) is 11.8 Å². The molecule has 0 amide bonds. The third kappa shape index (κ3) is 1.39. The van der Waals surface area contributed by atoms with Crippen LogP contribution in [0.2, 0.25) is 0 Å². The van der Waals surface area contributed by atoms with E-state index in [0.717, 1.165) is 4.47 Å². The molecule has 1 heterocycles. The number of benzene rings is 1. The number of fused-ring (bicyclic) bond motifs is 1. The standard InChI is InChI=1S/C11H7BrN2O2/c1-14-9-3-2-6(12)4-7(9)10(15)8(5-13)11(14)16/h2-4,15H,1H3. The number of rotatable bonds is 0. The van der Waals surface area contributed by atoms with Crippen LogP contribution < -0.4 is 5.56 Å². The quantitative estimate of drug-likeness (QED) is 0.800. The first-order valence-electron chi connectivity index (χ1n) is 4.47.